The Kier molecular flexibility index (Phi) is 6.86. The van der Waals surface area contributed by atoms with Crippen molar-refractivity contribution in [2.45, 2.75) is 59.4 Å². The van der Waals surface area contributed by atoms with Crippen LogP contribution in [0, 0.1) is 10.8 Å². The number of aliphatic hydroxyl groups is 1. The van der Waals surface area contributed by atoms with Gasteiger partial charge in [0, 0.05) is 12.6 Å². The minimum atomic E-state index is -0.127. The normalized spacial score (nSPS) is 24.5. The van der Waals surface area contributed by atoms with Gasteiger partial charge in [0.15, 0.2) is 0 Å². The molecule has 1 fully saturated rings. The first kappa shape index (κ1) is 20.9. The predicted octanol–water partition coefficient (Wildman–Crippen LogP) is 4.52. The predicted molar refractivity (Wildman–Crippen MR) is 115 cm³/mol. The molecule has 1 aromatic rings. The Balaban J connectivity index is 1.97. The molecular weight excluding hydrogens is 364 g/mol. The van der Waals surface area contributed by atoms with E-state index in [1.54, 1.807) is 0 Å². The van der Waals surface area contributed by atoms with E-state index in [2.05, 4.69) is 44.4 Å². The quantitative estimate of drug-likeness (QED) is 0.639. The van der Waals surface area contributed by atoms with E-state index in [9.17, 15) is 5.11 Å². The number of aryl methyl sites for hydroxylation is 1. The smallest absolute Gasteiger partial charge is 0.262 e. The number of aliphatic hydroxyl groups excluding tert-OH is 1. The average Bonchev–Trinajstić information content (AvgIpc) is 2.51. The highest BCUT2D eigenvalue weighted by Gasteiger charge is 2.41. The van der Waals surface area contributed by atoms with Crippen LogP contribution in [-0.2, 0) is 6.42 Å². The van der Waals surface area contributed by atoms with Crippen LogP contribution in [0.15, 0.2) is 24.3 Å². The summed E-state index contributed by atoms with van der Waals surface area (Å²) in [7, 11) is 0. The van der Waals surface area contributed by atoms with Crippen LogP contribution in [0.3, 0.4) is 0 Å². The third kappa shape index (κ3) is 6.09. The molecule has 0 aromatic heterocycles. The molecular formula is C20H30N2O2S2. The Labute approximate surface area is 167 Å². The number of benzene rings is 1. The molecule has 0 bridgehead atoms. The second kappa shape index (κ2) is 8.53. The highest BCUT2D eigenvalue weighted by Crippen LogP contribution is 2.45. The molecule has 2 unspecified atom stereocenters. The number of thiocarbonyl (C=S) groups is 2. The number of ether oxygens (including phenoxy) is 1. The van der Waals surface area contributed by atoms with Crippen LogP contribution in [-0.4, -0.2) is 28.0 Å². The standard InChI is InChI=1S/C20H30N2O2S2/c1-5-14-8-6-7-9-16(14)24-18(26)21-13-20(4)11-15(22-17(23)25)10-19(2,3)12-20/h6-9,15H,5,10-13H2,1-4H3,(H,21,26)(H2,22,23,25). The van der Waals surface area contributed by atoms with Gasteiger partial charge in [0.2, 0.25) is 0 Å². The summed E-state index contributed by atoms with van der Waals surface area (Å²) in [6.07, 6.45) is 3.86. The van der Waals surface area contributed by atoms with Crippen LogP contribution in [0.2, 0.25) is 0 Å². The Morgan fingerprint density at radius 1 is 1.23 bits per heavy atom. The summed E-state index contributed by atoms with van der Waals surface area (Å²) in [5.41, 5.74) is 1.33. The summed E-state index contributed by atoms with van der Waals surface area (Å²) < 4.78 is 5.86. The van der Waals surface area contributed by atoms with E-state index in [0.29, 0.717) is 5.17 Å². The summed E-state index contributed by atoms with van der Waals surface area (Å²) in [4.78, 5) is 0. The number of hydrogen-bond donors (Lipinski definition) is 3. The van der Waals surface area contributed by atoms with Gasteiger partial charge in [-0.2, -0.15) is 0 Å². The van der Waals surface area contributed by atoms with E-state index in [4.69, 9.17) is 29.2 Å². The van der Waals surface area contributed by atoms with Crippen molar-refractivity contribution in [3.8, 4) is 5.75 Å². The van der Waals surface area contributed by atoms with Gasteiger partial charge in [0.25, 0.3) is 10.3 Å². The van der Waals surface area contributed by atoms with Gasteiger partial charge in [-0.05, 0) is 72.6 Å². The molecule has 1 aliphatic carbocycles. The maximum absolute atomic E-state index is 9.44. The average molecular weight is 395 g/mol. The molecule has 0 amide bonds. The molecule has 2 atom stereocenters. The summed E-state index contributed by atoms with van der Waals surface area (Å²) in [5.74, 6) is 0.812. The Morgan fingerprint density at radius 3 is 2.58 bits per heavy atom. The summed E-state index contributed by atoms with van der Waals surface area (Å²) in [5, 5.41) is 16.0. The van der Waals surface area contributed by atoms with Crippen LogP contribution >= 0.6 is 24.4 Å². The highest BCUT2D eigenvalue weighted by molar-refractivity contribution is 7.80. The zero-order chi connectivity index (χ0) is 19.4. The van der Waals surface area contributed by atoms with Crippen molar-refractivity contribution in [3.05, 3.63) is 29.8 Å². The van der Waals surface area contributed by atoms with Crippen molar-refractivity contribution in [1.29, 1.82) is 0 Å². The SMILES string of the molecule is CCc1ccccc1OC(=S)NCC1(C)CC(NC(O)=S)CC(C)(C)C1. The lowest BCUT2D eigenvalue weighted by molar-refractivity contribution is 0.0785. The zero-order valence-electron chi connectivity index (χ0n) is 16.1. The minimum absolute atomic E-state index is 0.0297. The van der Waals surface area contributed by atoms with Gasteiger partial charge in [-0.15, -0.1) is 0 Å². The molecule has 0 heterocycles. The summed E-state index contributed by atoms with van der Waals surface area (Å²) in [6, 6.07) is 8.12. The second-order valence-electron chi connectivity index (χ2n) is 8.41. The van der Waals surface area contributed by atoms with Crippen molar-refractivity contribution in [2.75, 3.05) is 6.54 Å². The Bertz CT molecular complexity index is 663. The highest BCUT2D eigenvalue weighted by atomic mass is 32.1. The topological polar surface area (TPSA) is 53.5 Å². The second-order valence-corrected chi connectivity index (χ2v) is 9.17. The van der Waals surface area contributed by atoms with Gasteiger partial charge in [-0.1, -0.05) is 45.9 Å². The van der Waals surface area contributed by atoms with Gasteiger partial charge < -0.3 is 20.5 Å². The van der Waals surface area contributed by atoms with Gasteiger partial charge in [0.05, 0.1) is 0 Å². The fraction of sp³-hybridized carbons (Fsp3) is 0.600. The molecule has 1 aliphatic rings. The molecule has 1 aromatic carbocycles. The summed E-state index contributed by atoms with van der Waals surface area (Å²) in [6.45, 7) is 9.58. The van der Waals surface area contributed by atoms with Crippen LogP contribution in [0.5, 0.6) is 5.75 Å². The first-order valence-corrected chi connectivity index (χ1v) is 9.97. The van der Waals surface area contributed by atoms with Gasteiger partial charge in [0.1, 0.15) is 5.75 Å². The van der Waals surface area contributed by atoms with E-state index in [0.717, 1.165) is 43.5 Å². The van der Waals surface area contributed by atoms with Crippen molar-refractivity contribution in [1.82, 2.24) is 10.6 Å². The van der Waals surface area contributed by atoms with Crippen molar-refractivity contribution >= 4 is 34.8 Å². The number of para-hydroxylation sites is 1. The molecule has 144 valence electrons. The molecule has 1 saturated carbocycles. The van der Waals surface area contributed by atoms with Crippen molar-refractivity contribution < 1.29 is 9.84 Å². The lowest BCUT2D eigenvalue weighted by Crippen LogP contribution is -2.50. The van der Waals surface area contributed by atoms with E-state index in [-0.39, 0.29) is 22.0 Å². The van der Waals surface area contributed by atoms with E-state index >= 15 is 0 Å². The molecule has 26 heavy (non-hydrogen) atoms. The third-order valence-corrected chi connectivity index (χ3v) is 5.33. The maximum atomic E-state index is 9.44. The zero-order valence-corrected chi connectivity index (χ0v) is 17.7. The van der Waals surface area contributed by atoms with Crippen LogP contribution in [0.25, 0.3) is 0 Å². The minimum Gasteiger partial charge on any atom is -0.487 e. The summed E-state index contributed by atoms with van der Waals surface area (Å²) >= 11 is 10.2. The first-order valence-electron chi connectivity index (χ1n) is 9.15. The molecule has 0 aliphatic heterocycles. The fourth-order valence-corrected chi connectivity index (χ4v) is 4.69. The first-order chi connectivity index (χ1) is 12.1. The van der Waals surface area contributed by atoms with Crippen molar-refractivity contribution in [3.63, 3.8) is 0 Å². The Morgan fingerprint density at radius 2 is 1.92 bits per heavy atom. The molecule has 6 heteroatoms. The van der Waals surface area contributed by atoms with E-state index < -0.39 is 0 Å². The molecule has 0 saturated heterocycles. The number of nitrogens with one attached hydrogen (secondary N) is 2. The van der Waals surface area contributed by atoms with Gasteiger partial charge >= 0.3 is 0 Å². The molecule has 0 radical (unpaired) electrons. The molecule has 2 rings (SSSR count). The largest absolute Gasteiger partial charge is 0.487 e. The Hall–Kier alpha value is -1.40. The lowest BCUT2D eigenvalue weighted by atomic mass is 9.62. The number of hydrogen-bond acceptors (Lipinski definition) is 3. The van der Waals surface area contributed by atoms with E-state index in [1.807, 2.05) is 18.2 Å². The molecule has 0 spiro atoms. The number of rotatable bonds is 5. The van der Waals surface area contributed by atoms with Crippen LogP contribution in [0.4, 0.5) is 0 Å². The third-order valence-electron chi connectivity index (χ3n) is 4.99. The van der Waals surface area contributed by atoms with Gasteiger partial charge in [-0.25, -0.2) is 0 Å². The fourth-order valence-electron chi connectivity index (χ4n) is 4.36. The van der Waals surface area contributed by atoms with Crippen LogP contribution in [0.1, 0.15) is 52.5 Å². The molecule has 4 nitrogen and oxygen atoms in total. The monoisotopic (exact) mass is 394 g/mol. The lowest BCUT2D eigenvalue weighted by Gasteiger charge is -2.47. The van der Waals surface area contributed by atoms with E-state index in [1.165, 1.54) is 0 Å². The molecule has 3 N–H and O–H groups in total. The van der Waals surface area contributed by atoms with Crippen LogP contribution < -0.4 is 15.4 Å². The maximum Gasteiger partial charge on any atom is 0.262 e. The van der Waals surface area contributed by atoms with Crippen molar-refractivity contribution in [2.24, 2.45) is 10.8 Å². The van der Waals surface area contributed by atoms with Gasteiger partial charge in [-0.3, -0.25) is 0 Å².